The van der Waals surface area contributed by atoms with E-state index in [1.807, 2.05) is 12.1 Å². The van der Waals surface area contributed by atoms with Crippen LogP contribution < -0.4 is 10.1 Å². The van der Waals surface area contributed by atoms with Crippen molar-refractivity contribution in [3.05, 3.63) is 29.8 Å². The minimum Gasteiger partial charge on any atom is -0.497 e. The van der Waals surface area contributed by atoms with Crippen molar-refractivity contribution in [3.63, 3.8) is 0 Å². The van der Waals surface area contributed by atoms with Gasteiger partial charge >= 0.3 is 0 Å². The smallest absolute Gasteiger partial charge is 0.118 e. The Morgan fingerprint density at radius 1 is 1.25 bits per heavy atom. The van der Waals surface area contributed by atoms with Crippen LogP contribution in [0.25, 0.3) is 0 Å². The molecule has 1 aromatic carbocycles. The van der Waals surface area contributed by atoms with Crippen molar-refractivity contribution in [2.24, 2.45) is 5.92 Å². The molecule has 1 aliphatic rings. The van der Waals surface area contributed by atoms with Gasteiger partial charge in [0.2, 0.25) is 0 Å². The molecule has 1 atom stereocenters. The first kappa shape index (κ1) is 11.5. The first-order chi connectivity index (χ1) is 7.69. The van der Waals surface area contributed by atoms with Crippen molar-refractivity contribution in [1.29, 1.82) is 0 Å². The molecule has 0 unspecified atom stereocenters. The molecule has 16 heavy (non-hydrogen) atoms. The van der Waals surface area contributed by atoms with Crippen molar-refractivity contribution < 1.29 is 4.74 Å². The van der Waals surface area contributed by atoms with Crippen molar-refractivity contribution in [2.45, 2.75) is 38.8 Å². The lowest BCUT2D eigenvalue weighted by molar-refractivity contribution is 0.226. The van der Waals surface area contributed by atoms with Crippen molar-refractivity contribution >= 4 is 0 Å². The molecule has 0 aromatic heterocycles. The summed E-state index contributed by atoms with van der Waals surface area (Å²) in [6.45, 7) is 4.54. The molecule has 1 aliphatic carbocycles. The van der Waals surface area contributed by atoms with Crippen LogP contribution >= 0.6 is 0 Å². The lowest BCUT2D eigenvalue weighted by Gasteiger charge is -2.35. The summed E-state index contributed by atoms with van der Waals surface area (Å²) >= 11 is 0. The number of methoxy groups -OCH3 is 1. The van der Waals surface area contributed by atoms with Gasteiger partial charge in [0.25, 0.3) is 0 Å². The van der Waals surface area contributed by atoms with Crippen LogP contribution in [0.15, 0.2) is 24.3 Å². The Balaban J connectivity index is 1.90. The number of hydrogen-bond donors (Lipinski definition) is 1. The molecule has 1 N–H and O–H groups in total. The summed E-state index contributed by atoms with van der Waals surface area (Å²) in [7, 11) is 1.70. The summed E-state index contributed by atoms with van der Waals surface area (Å²) in [6, 6.07) is 9.47. The van der Waals surface area contributed by atoms with E-state index < -0.39 is 0 Å². The summed E-state index contributed by atoms with van der Waals surface area (Å²) in [5, 5.41) is 3.66. The molecule has 1 aromatic rings. The third-order valence-electron chi connectivity index (χ3n) is 3.48. The van der Waals surface area contributed by atoms with E-state index in [1.165, 1.54) is 18.4 Å². The Hall–Kier alpha value is -1.02. The normalized spacial score (nSPS) is 25.9. The molecule has 0 bridgehead atoms. The zero-order valence-corrected chi connectivity index (χ0v) is 10.4. The fourth-order valence-electron chi connectivity index (χ4n) is 2.38. The molecular weight excluding hydrogens is 198 g/mol. The zero-order chi connectivity index (χ0) is 11.5. The summed E-state index contributed by atoms with van der Waals surface area (Å²) in [6.07, 6.45) is 2.64. The largest absolute Gasteiger partial charge is 0.497 e. The highest BCUT2D eigenvalue weighted by Gasteiger charge is 2.26. The second-order valence-corrected chi connectivity index (χ2v) is 4.94. The summed E-state index contributed by atoms with van der Waals surface area (Å²) in [5.74, 6) is 1.83. The van der Waals surface area contributed by atoms with Gasteiger partial charge < -0.3 is 10.1 Å². The van der Waals surface area contributed by atoms with Gasteiger partial charge in [0.15, 0.2) is 0 Å². The van der Waals surface area contributed by atoms with E-state index >= 15 is 0 Å². The first-order valence-corrected chi connectivity index (χ1v) is 6.09. The summed E-state index contributed by atoms with van der Waals surface area (Å²) in [4.78, 5) is 0. The zero-order valence-electron chi connectivity index (χ0n) is 10.4. The quantitative estimate of drug-likeness (QED) is 0.840. The molecule has 2 rings (SSSR count). The van der Waals surface area contributed by atoms with Crippen LogP contribution in [0.2, 0.25) is 0 Å². The van der Waals surface area contributed by atoms with Crippen LogP contribution in [0.3, 0.4) is 0 Å². The summed E-state index contributed by atoms with van der Waals surface area (Å²) < 4.78 is 5.16. The third-order valence-corrected chi connectivity index (χ3v) is 3.48. The van der Waals surface area contributed by atoms with Crippen LogP contribution in [-0.2, 0) is 0 Å². The lowest BCUT2D eigenvalue weighted by Crippen LogP contribution is -2.41. The predicted molar refractivity (Wildman–Crippen MR) is 66.7 cm³/mol. The van der Waals surface area contributed by atoms with Crippen LogP contribution in [-0.4, -0.2) is 13.2 Å². The maximum absolute atomic E-state index is 5.16. The Kier molecular flexibility index (Phi) is 3.49. The molecule has 88 valence electrons. The van der Waals surface area contributed by atoms with E-state index in [2.05, 4.69) is 31.3 Å². The number of ether oxygens (including phenoxy) is 1. The van der Waals surface area contributed by atoms with Gasteiger partial charge in [-0.2, -0.15) is 0 Å². The van der Waals surface area contributed by atoms with E-state index in [0.29, 0.717) is 12.1 Å². The first-order valence-electron chi connectivity index (χ1n) is 6.09. The minimum absolute atomic E-state index is 0.434. The minimum atomic E-state index is 0.434. The Bertz CT molecular complexity index is 327. The molecule has 0 saturated heterocycles. The van der Waals surface area contributed by atoms with Crippen LogP contribution in [0.5, 0.6) is 5.75 Å². The maximum atomic E-state index is 5.16. The average molecular weight is 219 g/mol. The van der Waals surface area contributed by atoms with Crippen LogP contribution in [0.1, 0.15) is 38.3 Å². The molecule has 2 nitrogen and oxygen atoms in total. The van der Waals surface area contributed by atoms with Crippen molar-refractivity contribution in [3.8, 4) is 5.75 Å². The van der Waals surface area contributed by atoms with Gasteiger partial charge in [-0.1, -0.05) is 19.1 Å². The van der Waals surface area contributed by atoms with Gasteiger partial charge in [0, 0.05) is 12.1 Å². The molecule has 1 saturated carbocycles. The van der Waals surface area contributed by atoms with Crippen molar-refractivity contribution in [2.75, 3.05) is 7.11 Å². The highest BCUT2D eigenvalue weighted by atomic mass is 16.5. The Morgan fingerprint density at radius 3 is 2.38 bits per heavy atom. The third kappa shape index (κ3) is 2.56. The second kappa shape index (κ2) is 4.88. The van der Waals surface area contributed by atoms with E-state index in [4.69, 9.17) is 4.74 Å². The SMILES string of the molecule is COc1ccc([C@H](C)NC2CC(C)C2)cc1. The number of hydrogen-bond acceptors (Lipinski definition) is 2. The molecule has 1 fully saturated rings. The molecule has 0 heterocycles. The second-order valence-electron chi connectivity index (χ2n) is 4.94. The van der Waals surface area contributed by atoms with Crippen LogP contribution in [0.4, 0.5) is 0 Å². The van der Waals surface area contributed by atoms with Gasteiger partial charge in [-0.15, -0.1) is 0 Å². The van der Waals surface area contributed by atoms with Gasteiger partial charge in [0.05, 0.1) is 7.11 Å². The van der Waals surface area contributed by atoms with E-state index in [-0.39, 0.29) is 0 Å². The van der Waals surface area contributed by atoms with Gasteiger partial charge in [-0.05, 0) is 43.4 Å². The van der Waals surface area contributed by atoms with E-state index in [1.54, 1.807) is 7.11 Å². The topological polar surface area (TPSA) is 21.3 Å². The van der Waals surface area contributed by atoms with Crippen molar-refractivity contribution in [1.82, 2.24) is 5.32 Å². The maximum Gasteiger partial charge on any atom is 0.118 e. The Labute approximate surface area is 98.0 Å². The average Bonchev–Trinajstić information content (AvgIpc) is 2.27. The van der Waals surface area contributed by atoms with Gasteiger partial charge in [-0.3, -0.25) is 0 Å². The fourth-order valence-corrected chi connectivity index (χ4v) is 2.38. The monoisotopic (exact) mass is 219 g/mol. The standard InChI is InChI=1S/C14H21NO/c1-10-8-13(9-10)15-11(2)12-4-6-14(16-3)7-5-12/h4-7,10-11,13,15H,8-9H2,1-3H3/t10?,11-,13?/m0/s1. The molecule has 0 aliphatic heterocycles. The molecule has 2 heteroatoms. The van der Waals surface area contributed by atoms with Crippen LogP contribution in [0, 0.1) is 5.92 Å². The highest BCUT2D eigenvalue weighted by molar-refractivity contribution is 5.28. The van der Waals surface area contributed by atoms with Gasteiger partial charge in [0.1, 0.15) is 5.75 Å². The predicted octanol–water partition coefficient (Wildman–Crippen LogP) is 3.14. The number of benzene rings is 1. The van der Waals surface area contributed by atoms with Gasteiger partial charge in [-0.25, -0.2) is 0 Å². The lowest BCUT2D eigenvalue weighted by atomic mass is 9.81. The fraction of sp³-hybridized carbons (Fsp3) is 0.571. The molecule has 0 amide bonds. The summed E-state index contributed by atoms with van der Waals surface area (Å²) in [5.41, 5.74) is 1.33. The highest BCUT2D eigenvalue weighted by Crippen LogP contribution is 2.28. The molecule has 0 spiro atoms. The molecular formula is C14H21NO. The van der Waals surface area contributed by atoms with E-state index in [9.17, 15) is 0 Å². The van der Waals surface area contributed by atoms with E-state index in [0.717, 1.165) is 11.7 Å². The molecule has 0 radical (unpaired) electrons. The number of rotatable bonds is 4. The number of nitrogens with one attached hydrogen (secondary N) is 1. The Morgan fingerprint density at radius 2 is 1.88 bits per heavy atom.